The van der Waals surface area contributed by atoms with Crippen molar-refractivity contribution in [2.24, 2.45) is 5.41 Å². The van der Waals surface area contributed by atoms with Crippen molar-refractivity contribution in [2.75, 3.05) is 26.2 Å². The van der Waals surface area contributed by atoms with E-state index in [1.807, 2.05) is 0 Å². The van der Waals surface area contributed by atoms with Gasteiger partial charge in [0.15, 0.2) is 0 Å². The van der Waals surface area contributed by atoms with Gasteiger partial charge in [0.25, 0.3) is 0 Å². The van der Waals surface area contributed by atoms with E-state index in [0.717, 1.165) is 26.2 Å². The minimum absolute atomic E-state index is 0.298. The van der Waals surface area contributed by atoms with E-state index < -0.39 is 0 Å². The molecule has 1 saturated heterocycles. The molecule has 0 aliphatic carbocycles. The smallest absolute Gasteiger partial charge is 0.0678 e. The van der Waals surface area contributed by atoms with E-state index in [4.69, 9.17) is 4.74 Å². The van der Waals surface area contributed by atoms with Gasteiger partial charge in [0, 0.05) is 25.7 Å². The second kappa shape index (κ2) is 6.88. The highest BCUT2D eigenvalue weighted by Crippen LogP contribution is 2.24. The molecule has 3 nitrogen and oxygen atoms in total. The second-order valence-corrected chi connectivity index (χ2v) is 6.62. The molecule has 0 aromatic heterocycles. The van der Waals surface area contributed by atoms with Crippen LogP contribution < -0.4 is 5.32 Å². The third-order valence-corrected chi connectivity index (χ3v) is 4.00. The lowest BCUT2D eigenvalue weighted by atomic mass is 9.84. The minimum atomic E-state index is 0.298. The van der Waals surface area contributed by atoms with Gasteiger partial charge in [0.2, 0.25) is 0 Å². The number of hydrogen-bond acceptors (Lipinski definition) is 3. The van der Waals surface area contributed by atoms with Gasteiger partial charge in [0.05, 0.1) is 12.2 Å². The molecule has 1 rings (SSSR count). The molecule has 0 radical (unpaired) electrons. The highest BCUT2D eigenvalue weighted by molar-refractivity contribution is 4.86. The van der Waals surface area contributed by atoms with Crippen molar-refractivity contribution in [1.82, 2.24) is 10.2 Å². The van der Waals surface area contributed by atoms with Crippen LogP contribution in [0.5, 0.6) is 0 Å². The fourth-order valence-electron chi connectivity index (χ4n) is 2.76. The van der Waals surface area contributed by atoms with E-state index in [9.17, 15) is 0 Å². The van der Waals surface area contributed by atoms with Gasteiger partial charge in [-0.15, -0.1) is 0 Å². The molecule has 0 aromatic carbocycles. The summed E-state index contributed by atoms with van der Waals surface area (Å²) in [6, 6.07) is 0.547. The van der Waals surface area contributed by atoms with E-state index >= 15 is 0 Å². The first-order chi connectivity index (χ1) is 8.35. The first-order valence-corrected chi connectivity index (χ1v) is 7.46. The van der Waals surface area contributed by atoms with Crippen molar-refractivity contribution >= 4 is 0 Å². The largest absolute Gasteiger partial charge is 0.373 e. The van der Waals surface area contributed by atoms with Gasteiger partial charge in [-0.2, -0.15) is 0 Å². The summed E-state index contributed by atoms with van der Waals surface area (Å²) in [4.78, 5) is 2.56. The fraction of sp³-hybridized carbons (Fsp3) is 1.00. The molecule has 1 N–H and O–H groups in total. The Morgan fingerprint density at radius 1 is 1.28 bits per heavy atom. The zero-order valence-electron chi connectivity index (χ0n) is 13.1. The Labute approximate surface area is 113 Å². The van der Waals surface area contributed by atoms with E-state index in [0.29, 0.717) is 23.7 Å². The molecule has 0 aromatic rings. The summed E-state index contributed by atoms with van der Waals surface area (Å²) in [5.74, 6) is 0. The third-order valence-electron chi connectivity index (χ3n) is 4.00. The molecule has 1 aliphatic heterocycles. The average molecular weight is 256 g/mol. The molecular formula is C15H32N2O. The van der Waals surface area contributed by atoms with Crippen molar-refractivity contribution in [3.05, 3.63) is 0 Å². The molecule has 0 spiro atoms. The molecule has 1 unspecified atom stereocenters. The van der Waals surface area contributed by atoms with Crippen molar-refractivity contribution in [2.45, 2.75) is 66.2 Å². The van der Waals surface area contributed by atoms with Crippen LogP contribution in [0.4, 0.5) is 0 Å². The van der Waals surface area contributed by atoms with E-state index in [2.05, 4.69) is 51.8 Å². The summed E-state index contributed by atoms with van der Waals surface area (Å²) in [7, 11) is 0. The normalized spacial score (nSPS) is 28.3. The summed E-state index contributed by atoms with van der Waals surface area (Å²) >= 11 is 0. The van der Waals surface area contributed by atoms with Crippen molar-refractivity contribution in [1.29, 1.82) is 0 Å². The molecule has 1 fully saturated rings. The highest BCUT2D eigenvalue weighted by atomic mass is 16.5. The van der Waals surface area contributed by atoms with Gasteiger partial charge in [-0.05, 0) is 39.2 Å². The minimum Gasteiger partial charge on any atom is -0.373 e. The van der Waals surface area contributed by atoms with Crippen molar-refractivity contribution < 1.29 is 4.74 Å². The number of rotatable bonds is 6. The van der Waals surface area contributed by atoms with Crippen LogP contribution in [0.3, 0.4) is 0 Å². The zero-order valence-corrected chi connectivity index (χ0v) is 13.1. The number of ether oxygens (including phenoxy) is 1. The van der Waals surface area contributed by atoms with E-state index in [1.165, 1.54) is 6.42 Å². The summed E-state index contributed by atoms with van der Waals surface area (Å²) < 4.78 is 5.80. The number of nitrogens with zero attached hydrogens (tertiary/aromatic N) is 1. The Kier molecular flexibility index (Phi) is 6.09. The summed E-state index contributed by atoms with van der Waals surface area (Å²) in [6.45, 7) is 18.0. The molecule has 0 amide bonds. The highest BCUT2D eigenvalue weighted by Gasteiger charge is 2.31. The zero-order chi connectivity index (χ0) is 13.8. The maximum Gasteiger partial charge on any atom is 0.0678 e. The molecule has 3 heteroatoms. The summed E-state index contributed by atoms with van der Waals surface area (Å²) in [5, 5.41) is 3.63. The molecule has 1 heterocycles. The lowest BCUT2D eigenvalue weighted by Gasteiger charge is -2.42. The van der Waals surface area contributed by atoms with Gasteiger partial charge in [-0.3, -0.25) is 4.90 Å². The predicted molar refractivity (Wildman–Crippen MR) is 78.0 cm³/mol. The Morgan fingerprint density at radius 2 is 1.83 bits per heavy atom. The van der Waals surface area contributed by atoms with E-state index in [-0.39, 0.29) is 0 Å². The van der Waals surface area contributed by atoms with Gasteiger partial charge in [0.1, 0.15) is 0 Å². The summed E-state index contributed by atoms with van der Waals surface area (Å²) in [6.07, 6.45) is 1.93. The topological polar surface area (TPSA) is 24.5 Å². The number of morpholine rings is 1. The van der Waals surface area contributed by atoms with Crippen LogP contribution >= 0.6 is 0 Å². The van der Waals surface area contributed by atoms with Gasteiger partial charge in [-0.25, -0.2) is 0 Å². The average Bonchev–Trinajstić information content (AvgIpc) is 2.23. The Bertz CT molecular complexity index is 233. The maximum atomic E-state index is 5.80. The standard InChI is InChI=1S/C15H32N2O/c1-7-8-16-14(4)15(5,6)11-17-9-12(2)18-13(3)10-17/h12-14,16H,7-11H2,1-6H3/t12-,13+,14?. The second-order valence-electron chi connectivity index (χ2n) is 6.62. The van der Waals surface area contributed by atoms with E-state index in [1.54, 1.807) is 0 Å². The lowest BCUT2D eigenvalue weighted by molar-refractivity contribution is -0.0774. The third kappa shape index (κ3) is 4.87. The molecule has 18 heavy (non-hydrogen) atoms. The predicted octanol–water partition coefficient (Wildman–Crippen LogP) is 2.51. The first-order valence-electron chi connectivity index (χ1n) is 7.46. The van der Waals surface area contributed by atoms with Crippen LogP contribution in [0.1, 0.15) is 48.0 Å². The molecule has 0 bridgehead atoms. The van der Waals surface area contributed by atoms with Crippen molar-refractivity contribution in [3.63, 3.8) is 0 Å². The fourth-order valence-corrected chi connectivity index (χ4v) is 2.76. The number of hydrogen-bond donors (Lipinski definition) is 1. The molecule has 0 saturated carbocycles. The van der Waals surface area contributed by atoms with Crippen LogP contribution in [0.15, 0.2) is 0 Å². The van der Waals surface area contributed by atoms with Crippen LogP contribution in [-0.4, -0.2) is 49.3 Å². The lowest BCUT2D eigenvalue weighted by Crippen LogP contribution is -2.52. The molecule has 3 atom stereocenters. The maximum absolute atomic E-state index is 5.80. The quantitative estimate of drug-likeness (QED) is 0.790. The first kappa shape index (κ1) is 15.9. The SMILES string of the molecule is CCCNC(C)C(C)(C)CN1C[C@@H](C)O[C@@H](C)C1. The Balaban J connectivity index is 2.47. The number of nitrogens with one attached hydrogen (secondary N) is 1. The molecule has 108 valence electrons. The Morgan fingerprint density at radius 3 is 2.33 bits per heavy atom. The van der Waals surface area contributed by atoms with Crippen LogP contribution in [-0.2, 0) is 4.74 Å². The molecule has 1 aliphatic rings. The van der Waals surface area contributed by atoms with Gasteiger partial charge >= 0.3 is 0 Å². The Hall–Kier alpha value is -0.120. The van der Waals surface area contributed by atoms with Gasteiger partial charge < -0.3 is 10.1 Å². The summed E-state index contributed by atoms with van der Waals surface area (Å²) in [5.41, 5.74) is 0.298. The van der Waals surface area contributed by atoms with Crippen LogP contribution in [0.2, 0.25) is 0 Å². The van der Waals surface area contributed by atoms with Crippen LogP contribution in [0, 0.1) is 5.41 Å². The van der Waals surface area contributed by atoms with Crippen molar-refractivity contribution in [3.8, 4) is 0 Å². The molecular weight excluding hydrogens is 224 g/mol. The van der Waals surface area contributed by atoms with Crippen LogP contribution in [0.25, 0.3) is 0 Å². The monoisotopic (exact) mass is 256 g/mol. The van der Waals surface area contributed by atoms with Gasteiger partial charge in [-0.1, -0.05) is 20.8 Å².